The van der Waals surface area contributed by atoms with Crippen LogP contribution in [0.25, 0.3) is 0 Å². The molecule has 5 heteroatoms. The third kappa shape index (κ3) is 1.55. The van der Waals surface area contributed by atoms with Crippen LogP contribution in [-0.2, 0) is 0 Å². The highest BCUT2D eigenvalue weighted by Gasteiger charge is 2.36. The Balaban J connectivity index is 2.42. The maximum Gasteiger partial charge on any atom is 0.256 e. The number of para-hydroxylation sites is 1. The van der Waals surface area contributed by atoms with E-state index in [1.165, 1.54) is 0 Å². The van der Waals surface area contributed by atoms with E-state index < -0.39 is 11.8 Å². The van der Waals surface area contributed by atoms with Gasteiger partial charge in [0.2, 0.25) is 0 Å². The Kier molecular flexibility index (Phi) is 2.13. The lowest BCUT2D eigenvalue weighted by Gasteiger charge is -2.39. The van der Waals surface area contributed by atoms with Gasteiger partial charge in [-0.25, -0.2) is 0 Å². The molecule has 1 unspecified atom stereocenters. The zero-order valence-corrected chi connectivity index (χ0v) is 8.45. The van der Waals surface area contributed by atoms with Crippen molar-refractivity contribution in [1.82, 2.24) is 5.32 Å². The number of rotatable bonds is 1. The zero-order valence-electron chi connectivity index (χ0n) is 8.45. The summed E-state index contributed by atoms with van der Waals surface area (Å²) in [6.45, 7) is 1.74. The van der Waals surface area contributed by atoms with E-state index in [1.807, 2.05) is 6.07 Å². The molecule has 0 aromatic heterocycles. The van der Waals surface area contributed by atoms with E-state index in [2.05, 4.69) is 10.6 Å². The highest BCUT2D eigenvalue weighted by atomic mass is 16.2. The summed E-state index contributed by atoms with van der Waals surface area (Å²) < 4.78 is 0. The first-order valence-corrected chi connectivity index (χ1v) is 4.77. The van der Waals surface area contributed by atoms with Crippen molar-refractivity contribution in [3.63, 3.8) is 0 Å². The lowest BCUT2D eigenvalue weighted by atomic mass is 10.0. The second kappa shape index (κ2) is 3.22. The van der Waals surface area contributed by atoms with Crippen LogP contribution < -0.4 is 22.1 Å². The van der Waals surface area contributed by atoms with Gasteiger partial charge in [0.1, 0.15) is 0 Å². The monoisotopic (exact) mass is 206 g/mol. The molecular formula is C10H14N4O. The van der Waals surface area contributed by atoms with Gasteiger partial charge in [-0.3, -0.25) is 10.5 Å². The van der Waals surface area contributed by atoms with Crippen molar-refractivity contribution in [1.29, 1.82) is 0 Å². The molecule has 0 spiro atoms. The van der Waals surface area contributed by atoms with Gasteiger partial charge >= 0.3 is 0 Å². The Hall–Kier alpha value is -1.59. The summed E-state index contributed by atoms with van der Waals surface area (Å²) in [4.78, 5) is 11.7. The number of amides is 1. The van der Waals surface area contributed by atoms with Gasteiger partial charge in [-0.15, -0.1) is 0 Å². The molecule has 5 nitrogen and oxygen atoms in total. The van der Waals surface area contributed by atoms with Gasteiger partial charge in [-0.05, 0) is 19.1 Å². The van der Waals surface area contributed by atoms with Crippen LogP contribution >= 0.6 is 0 Å². The SMILES string of the molecule is CC(N)[C@@]1(N)NC(=O)c2ccccc2N1. The summed E-state index contributed by atoms with van der Waals surface area (Å²) in [7, 11) is 0. The summed E-state index contributed by atoms with van der Waals surface area (Å²) >= 11 is 0. The molecule has 0 saturated heterocycles. The standard InChI is InChI=1S/C10H14N4O/c1-6(11)10(12)13-8-5-3-2-4-7(8)9(15)14-10/h2-6,13H,11-12H2,1H3,(H,14,15)/t6?,10-/m0/s1. The minimum atomic E-state index is -1.08. The summed E-state index contributed by atoms with van der Waals surface area (Å²) in [6, 6.07) is 6.78. The largest absolute Gasteiger partial charge is 0.349 e. The third-order valence-corrected chi connectivity index (χ3v) is 2.55. The first kappa shape index (κ1) is 9.95. The molecular weight excluding hydrogens is 192 g/mol. The fourth-order valence-electron chi connectivity index (χ4n) is 1.53. The van der Waals surface area contributed by atoms with E-state index in [4.69, 9.17) is 11.5 Å². The Morgan fingerprint density at radius 1 is 1.33 bits per heavy atom. The van der Waals surface area contributed by atoms with Crippen molar-refractivity contribution in [2.75, 3.05) is 5.32 Å². The van der Waals surface area contributed by atoms with Gasteiger partial charge in [-0.2, -0.15) is 0 Å². The normalized spacial score (nSPS) is 26.2. The average molecular weight is 206 g/mol. The van der Waals surface area contributed by atoms with Crippen molar-refractivity contribution in [3.05, 3.63) is 29.8 Å². The number of anilines is 1. The Morgan fingerprint density at radius 2 is 2.00 bits per heavy atom. The highest BCUT2D eigenvalue weighted by Crippen LogP contribution is 2.22. The molecule has 1 aromatic rings. The third-order valence-electron chi connectivity index (χ3n) is 2.55. The summed E-state index contributed by atoms with van der Waals surface area (Å²) in [6.07, 6.45) is 0. The topological polar surface area (TPSA) is 93.2 Å². The van der Waals surface area contributed by atoms with E-state index in [0.29, 0.717) is 11.3 Å². The fourth-order valence-corrected chi connectivity index (χ4v) is 1.53. The van der Waals surface area contributed by atoms with E-state index in [1.54, 1.807) is 25.1 Å². The highest BCUT2D eigenvalue weighted by molar-refractivity contribution is 6.02. The molecule has 80 valence electrons. The van der Waals surface area contributed by atoms with Gasteiger partial charge in [0, 0.05) is 5.69 Å². The Labute approximate surface area is 87.8 Å². The minimum absolute atomic E-state index is 0.204. The zero-order chi connectivity index (χ0) is 11.1. The smallest absolute Gasteiger partial charge is 0.256 e. The molecule has 0 saturated carbocycles. The molecule has 1 aromatic carbocycles. The van der Waals surface area contributed by atoms with Crippen LogP contribution in [0.1, 0.15) is 17.3 Å². The summed E-state index contributed by atoms with van der Waals surface area (Å²) in [5, 5.41) is 5.68. The van der Waals surface area contributed by atoms with Gasteiger partial charge in [-0.1, -0.05) is 12.1 Å². The fraction of sp³-hybridized carbons (Fsp3) is 0.300. The van der Waals surface area contributed by atoms with Crippen LogP contribution in [0.15, 0.2) is 24.3 Å². The number of carbonyl (C=O) groups is 1. The molecule has 15 heavy (non-hydrogen) atoms. The number of hydrogen-bond acceptors (Lipinski definition) is 4. The second-order valence-electron chi connectivity index (χ2n) is 3.78. The molecule has 0 bridgehead atoms. The number of carbonyl (C=O) groups excluding carboxylic acids is 1. The Bertz CT molecular complexity index is 404. The van der Waals surface area contributed by atoms with Gasteiger partial charge in [0.05, 0.1) is 11.6 Å². The van der Waals surface area contributed by atoms with Crippen molar-refractivity contribution in [2.24, 2.45) is 11.5 Å². The van der Waals surface area contributed by atoms with Gasteiger partial charge < -0.3 is 16.4 Å². The molecule has 6 N–H and O–H groups in total. The van der Waals surface area contributed by atoms with Crippen molar-refractivity contribution in [2.45, 2.75) is 18.8 Å². The molecule has 0 radical (unpaired) electrons. The lowest BCUT2D eigenvalue weighted by molar-refractivity contribution is 0.0891. The molecule has 2 atom stereocenters. The number of nitrogens with one attached hydrogen (secondary N) is 2. The van der Waals surface area contributed by atoms with Crippen molar-refractivity contribution < 1.29 is 4.79 Å². The van der Waals surface area contributed by atoms with E-state index in [0.717, 1.165) is 0 Å². The number of nitrogens with two attached hydrogens (primary N) is 2. The predicted molar refractivity (Wildman–Crippen MR) is 58.1 cm³/mol. The maximum atomic E-state index is 11.7. The quantitative estimate of drug-likeness (QED) is 0.512. The van der Waals surface area contributed by atoms with Crippen molar-refractivity contribution >= 4 is 11.6 Å². The summed E-state index contributed by atoms with van der Waals surface area (Å²) in [5.41, 5.74) is 12.9. The maximum absolute atomic E-state index is 11.7. The second-order valence-corrected chi connectivity index (χ2v) is 3.78. The van der Waals surface area contributed by atoms with Crippen LogP contribution in [0.3, 0.4) is 0 Å². The first-order chi connectivity index (χ1) is 7.03. The lowest BCUT2D eigenvalue weighted by Crippen LogP contribution is -2.71. The number of hydrogen-bond donors (Lipinski definition) is 4. The molecule has 2 rings (SSSR count). The van der Waals surface area contributed by atoms with E-state index in [9.17, 15) is 4.79 Å². The van der Waals surface area contributed by atoms with Crippen LogP contribution in [0.2, 0.25) is 0 Å². The van der Waals surface area contributed by atoms with E-state index >= 15 is 0 Å². The van der Waals surface area contributed by atoms with Crippen LogP contribution in [0, 0.1) is 0 Å². The van der Waals surface area contributed by atoms with Crippen molar-refractivity contribution in [3.8, 4) is 0 Å². The predicted octanol–water partition coefficient (Wildman–Crippen LogP) is -0.198. The average Bonchev–Trinajstić information content (AvgIpc) is 2.17. The molecule has 0 fully saturated rings. The molecule has 1 amide bonds. The van der Waals surface area contributed by atoms with E-state index in [-0.39, 0.29) is 5.91 Å². The minimum Gasteiger partial charge on any atom is -0.349 e. The molecule has 0 aliphatic carbocycles. The van der Waals surface area contributed by atoms with Crippen LogP contribution in [0.4, 0.5) is 5.69 Å². The van der Waals surface area contributed by atoms with Gasteiger partial charge in [0.15, 0.2) is 5.79 Å². The molecule has 1 heterocycles. The number of benzene rings is 1. The first-order valence-electron chi connectivity index (χ1n) is 4.77. The van der Waals surface area contributed by atoms with Gasteiger partial charge in [0.25, 0.3) is 5.91 Å². The number of fused-ring (bicyclic) bond motifs is 1. The molecule has 1 aliphatic heterocycles. The van der Waals surface area contributed by atoms with Crippen LogP contribution in [-0.4, -0.2) is 17.7 Å². The van der Waals surface area contributed by atoms with Crippen LogP contribution in [0.5, 0.6) is 0 Å². The summed E-state index contributed by atoms with van der Waals surface area (Å²) in [5.74, 6) is -1.28. The Morgan fingerprint density at radius 3 is 2.67 bits per heavy atom. The molecule has 1 aliphatic rings.